The van der Waals surface area contributed by atoms with Crippen molar-refractivity contribution in [3.05, 3.63) is 65.5 Å². The van der Waals surface area contributed by atoms with E-state index in [4.69, 9.17) is 5.73 Å². The minimum atomic E-state index is -0.217. The molecular formula is C15H15FN2. The van der Waals surface area contributed by atoms with Gasteiger partial charge in [0.15, 0.2) is 0 Å². The van der Waals surface area contributed by atoms with Gasteiger partial charge in [-0.15, -0.1) is 0 Å². The molecule has 1 aliphatic rings. The molecule has 18 heavy (non-hydrogen) atoms. The topological polar surface area (TPSA) is 29.3 Å². The van der Waals surface area contributed by atoms with Gasteiger partial charge in [0.25, 0.3) is 0 Å². The predicted molar refractivity (Wildman–Crippen MR) is 70.8 cm³/mol. The molecule has 2 aromatic carbocycles. The summed E-state index contributed by atoms with van der Waals surface area (Å²) in [6.45, 7) is 1.56. The normalized spacial score (nSPS) is 17.9. The quantitative estimate of drug-likeness (QED) is 0.877. The lowest BCUT2D eigenvalue weighted by Crippen LogP contribution is -2.23. The molecule has 0 aromatic heterocycles. The van der Waals surface area contributed by atoms with Gasteiger partial charge in [-0.1, -0.05) is 30.3 Å². The van der Waals surface area contributed by atoms with Crippen molar-refractivity contribution >= 4 is 5.69 Å². The summed E-state index contributed by atoms with van der Waals surface area (Å²) < 4.78 is 13.2. The van der Waals surface area contributed by atoms with E-state index in [1.807, 2.05) is 24.3 Å². The number of hydrogen-bond donors (Lipinski definition) is 1. The highest BCUT2D eigenvalue weighted by Crippen LogP contribution is 2.34. The molecule has 0 spiro atoms. The molecular weight excluding hydrogens is 227 g/mol. The lowest BCUT2D eigenvalue weighted by molar-refractivity contribution is 0.624. The third-order valence-electron chi connectivity index (χ3n) is 3.36. The van der Waals surface area contributed by atoms with Gasteiger partial charge in [0, 0.05) is 24.8 Å². The fourth-order valence-electron chi connectivity index (χ4n) is 2.50. The maximum Gasteiger partial charge on any atom is 0.123 e. The first-order valence-electron chi connectivity index (χ1n) is 6.08. The molecule has 0 saturated carbocycles. The maximum atomic E-state index is 13.2. The molecule has 0 saturated heterocycles. The average molecular weight is 242 g/mol. The largest absolute Gasteiger partial charge is 0.365 e. The Kier molecular flexibility index (Phi) is 2.76. The standard InChI is InChI=1S/C15H15FN2/c16-12-6-7-15-13(8-12)14(17)10-18(15)9-11-4-2-1-3-5-11/h1-8,14H,9-10,17H2/t14-/m0/s1. The number of anilines is 1. The van der Waals surface area contributed by atoms with Crippen molar-refractivity contribution in [2.24, 2.45) is 5.73 Å². The SMILES string of the molecule is N[C@H]1CN(Cc2ccccc2)c2ccc(F)cc21. The van der Waals surface area contributed by atoms with Crippen molar-refractivity contribution in [2.75, 3.05) is 11.4 Å². The summed E-state index contributed by atoms with van der Waals surface area (Å²) in [6, 6.07) is 15.0. The first-order valence-corrected chi connectivity index (χ1v) is 6.08. The van der Waals surface area contributed by atoms with Gasteiger partial charge in [-0.2, -0.15) is 0 Å². The monoisotopic (exact) mass is 242 g/mol. The van der Waals surface area contributed by atoms with Crippen LogP contribution in [-0.2, 0) is 6.54 Å². The van der Waals surface area contributed by atoms with Gasteiger partial charge in [-0.05, 0) is 29.3 Å². The molecule has 0 amide bonds. The van der Waals surface area contributed by atoms with Crippen molar-refractivity contribution in [1.82, 2.24) is 0 Å². The van der Waals surface area contributed by atoms with E-state index < -0.39 is 0 Å². The Hall–Kier alpha value is -1.87. The van der Waals surface area contributed by atoms with Gasteiger partial charge in [0.05, 0.1) is 0 Å². The number of nitrogens with zero attached hydrogens (tertiary/aromatic N) is 1. The smallest absolute Gasteiger partial charge is 0.123 e. The predicted octanol–water partition coefficient (Wildman–Crippen LogP) is 2.85. The van der Waals surface area contributed by atoms with Crippen LogP contribution in [0.2, 0.25) is 0 Å². The molecule has 0 unspecified atom stereocenters. The maximum absolute atomic E-state index is 13.2. The Bertz CT molecular complexity index is 554. The van der Waals surface area contributed by atoms with Crippen LogP contribution in [0.15, 0.2) is 48.5 Å². The van der Waals surface area contributed by atoms with Gasteiger partial charge in [0.2, 0.25) is 0 Å². The van der Waals surface area contributed by atoms with Crippen molar-refractivity contribution in [3.63, 3.8) is 0 Å². The summed E-state index contributed by atoms with van der Waals surface area (Å²) in [5.41, 5.74) is 9.25. The van der Waals surface area contributed by atoms with Crippen LogP contribution in [-0.4, -0.2) is 6.54 Å². The van der Waals surface area contributed by atoms with E-state index in [0.717, 1.165) is 24.3 Å². The van der Waals surface area contributed by atoms with Crippen LogP contribution in [0.3, 0.4) is 0 Å². The van der Waals surface area contributed by atoms with Crippen LogP contribution in [0.1, 0.15) is 17.2 Å². The first kappa shape index (κ1) is 11.2. The van der Waals surface area contributed by atoms with Gasteiger partial charge in [0.1, 0.15) is 5.82 Å². The highest BCUT2D eigenvalue weighted by molar-refractivity contribution is 5.60. The summed E-state index contributed by atoms with van der Waals surface area (Å²) in [5.74, 6) is -0.217. The highest BCUT2D eigenvalue weighted by Gasteiger charge is 2.26. The van der Waals surface area contributed by atoms with E-state index in [2.05, 4.69) is 17.0 Å². The van der Waals surface area contributed by atoms with E-state index in [-0.39, 0.29) is 11.9 Å². The average Bonchev–Trinajstić information content (AvgIpc) is 2.67. The number of nitrogens with two attached hydrogens (primary N) is 1. The van der Waals surface area contributed by atoms with Crippen LogP contribution in [0.5, 0.6) is 0 Å². The minimum Gasteiger partial charge on any atom is -0.365 e. The van der Waals surface area contributed by atoms with Crippen molar-refractivity contribution < 1.29 is 4.39 Å². The highest BCUT2D eigenvalue weighted by atomic mass is 19.1. The molecule has 0 fully saturated rings. The minimum absolute atomic E-state index is 0.0978. The fourth-order valence-corrected chi connectivity index (χ4v) is 2.50. The van der Waals surface area contributed by atoms with Crippen LogP contribution in [0.25, 0.3) is 0 Å². The Morgan fingerprint density at radius 3 is 2.72 bits per heavy atom. The molecule has 2 N–H and O–H groups in total. The Labute approximate surface area is 106 Å². The summed E-state index contributed by atoms with van der Waals surface area (Å²) in [7, 11) is 0. The molecule has 3 rings (SSSR count). The number of hydrogen-bond acceptors (Lipinski definition) is 2. The lowest BCUT2D eigenvalue weighted by Gasteiger charge is -2.19. The van der Waals surface area contributed by atoms with E-state index in [9.17, 15) is 4.39 Å². The van der Waals surface area contributed by atoms with Crippen LogP contribution >= 0.6 is 0 Å². The van der Waals surface area contributed by atoms with Crippen molar-refractivity contribution in [1.29, 1.82) is 0 Å². The van der Waals surface area contributed by atoms with Crippen LogP contribution < -0.4 is 10.6 Å². The summed E-state index contributed by atoms with van der Waals surface area (Å²) in [5, 5.41) is 0. The van der Waals surface area contributed by atoms with Gasteiger partial charge >= 0.3 is 0 Å². The van der Waals surface area contributed by atoms with Crippen LogP contribution in [0.4, 0.5) is 10.1 Å². The molecule has 3 heteroatoms. The van der Waals surface area contributed by atoms with E-state index >= 15 is 0 Å². The molecule has 0 bridgehead atoms. The van der Waals surface area contributed by atoms with Gasteiger partial charge < -0.3 is 10.6 Å². The third kappa shape index (κ3) is 1.97. The molecule has 0 aliphatic carbocycles. The second kappa shape index (κ2) is 4.42. The second-order valence-electron chi connectivity index (χ2n) is 4.68. The first-order chi connectivity index (χ1) is 8.74. The number of fused-ring (bicyclic) bond motifs is 1. The van der Waals surface area contributed by atoms with E-state index in [0.29, 0.717) is 0 Å². The van der Waals surface area contributed by atoms with E-state index in [1.165, 1.54) is 11.6 Å². The number of halogens is 1. The lowest BCUT2D eigenvalue weighted by atomic mass is 10.1. The second-order valence-corrected chi connectivity index (χ2v) is 4.68. The summed E-state index contributed by atoms with van der Waals surface area (Å²) >= 11 is 0. The molecule has 1 heterocycles. The van der Waals surface area contributed by atoms with Crippen molar-refractivity contribution in [2.45, 2.75) is 12.6 Å². The summed E-state index contributed by atoms with van der Waals surface area (Å²) in [6.07, 6.45) is 0. The number of rotatable bonds is 2. The zero-order valence-electron chi connectivity index (χ0n) is 10.0. The van der Waals surface area contributed by atoms with Gasteiger partial charge in [-0.25, -0.2) is 4.39 Å². The molecule has 92 valence electrons. The Morgan fingerprint density at radius 1 is 1.17 bits per heavy atom. The summed E-state index contributed by atoms with van der Waals surface area (Å²) in [4.78, 5) is 2.20. The molecule has 0 radical (unpaired) electrons. The van der Waals surface area contributed by atoms with Gasteiger partial charge in [-0.3, -0.25) is 0 Å². The van der Waals surface area contributed by atoms with Crippen LogP contribution in [0, 0.1) is 5.82 Å². The molecule has 1 aliphatic heterocycles. The Morgan fingerprint density at radius 2 is 1.94 bits per heavy atom. The fraction of sp³-hybridized carbons (Fsp3) is 0.200. The molecule has 2 aromatic rings. The Balaban J connectivity index is 1.89. The zero-order valence-corrected chi connectivity index (χ0v) is 10.0. The van der Waals surface area contributed by atoms with Crippen molar-refractivity contribution in [3.8, 4) is 0 Å². The molecule has 1 atom stereocenters. The molecule has 2 nitrogen and oxygen atoms in total. The third-order valence-corrected chi connectivity index (χ3v) is 3.36. The number of benzene rings is 2. The zero-order chi connectivity index (χ0) is 12.5. The van der Waals surface area contributed by atoms with E-state index in [1.54, 1.807) is 6.07 Å².